The van der Waals surface area contributed by atoms with E-state index in [4.69, 9.17) is 9.72 Å². The summed E-state index contributed by atoms with van der Waals surface area (Å²) in [5, 5.41) is 20.1. The number of ether oxygens (including phenoxy) is 1. The van der Waals surface area contributed by atoms with Gasteiger partial charge >= 0.3 is 0 Å². The average molecular weight is 446 g/mol. The molecule has 8 nitrogen and oxygen atoms in total. The number of pyridine rings is 2. The monoisotopic (exact) mass is 445 g/mol. The molecule has 0 aliphatic rings. The van der Waals surface area contributed by atoms with Crippen molar-refractivity contribution in [1.29, 1.82) is 0 Å². The predicted octanol–water partition coefficient (Wildman–Crippen LogP) is 3.40. The van der Waals surface area contributed by atoms with Crippen molar-refractivity contribution in [1.82, 2.24) is 25.0 Å². The molecule has 1 N–H and O–H groups in total. The van der Waals surface area contributed by atoms with E-state index in [0.717, 1.165) is 16.8 Å². The van der Waals surface area contributed by atoms with Crippen molar-refractivity contribution in [3.05, 3.63) is 23.9 Å². The van der Waals surface area contributed by atoms with Crippen LogP contribution in [0.15, 0.2) is 22.5 Å². The van der Waals surface area contributed by atoms with Crippen molar-refractivity contribution in [2.75, 3.05) is 19.5 Å². The Kier molecular flexibility index (Phi) is 5.33. The summed E-state index contributed by atoms with van der Waals surface area (Å²) >= 11 is 1.26. The fraction of sp³-hybridized carbons (Fsp3) is 0.400. The number of nitrogens with zero attached hydrogens (tertiary/aromatic N) is 5. The van der Waals surface area contributed by atoms with Crippen LogP contribution in [0.25, 0.3) is 32.6 Å². The second-order valence-electron chi connectivity index (χ2n) is 8.02. The molecule has 30 heavy (non-hydrogen) atoms. The zero-order valence-corrected chi connectivity index (χ0v) is 19.1. The maximum atomic E-state index is 12.7. The Bertz CT molecular complexity index is 1270. The van der Waals surface area contributed by atoms with E-state index in [1.807, 2.05) is 12.1 Å². The minimum atomic E-state index is -1.36. The van der Waals surface area contributed by atoms with Gasteiger partial charge in [0, 0.05) is 25.9 Å². The third-order valence-corrected chi connectivity index (χ3v) is 7.55. The van der Waals surface area contributed by atoms with E-state index in [1.54, 1.807) is 20.4 Å². The van der Waals surface area contributed by atoms with E-state index in [9.17, 15) is 9.32 Å². The van der Waals surface area contributed by atoms with Crippen molar-refractivity contribution in [3.8, 4) is 17.0 Å². The summed E-state index contributed by atoms with van der Waals surface area (Å²) in [5.41, 5.74) is 3.47. The van der Waals surface area contributed by atoms with Crippen LogP contribution in [0.5, 0.6) is 5.75 Å². The van der Waals surface area contributed by atoms with Crippen LogP contribution in [0, 0.1) is 0 Å². The van der Waals surface area contributed by atoms with Gasteiger partial charge in [0.15, 0.2) is 5.75 Å². The van der Waals surface area contributed by atoms with Crippen molar-refractivity contribution in [3.63, 3.8) is 0 Å². The molecule has 10 heteroatoms. The lowest BCUT2D eigenvalue weighted by molar-refractivity contribution is 0.218. The first-order chi connectivity index (χ1) is 14.2. The van der Waals surface area contributed by atoms with Crippen LogP contribution >= 0.6 is 11.3 Å². The fourth-order valence-electron chi connectivity index (χ4n) is 3.26. The highest BCUT2D eigenvalue weighted by Crippen LogP contribution is 2.44. The van der Waals surface area contributed by atoms with Gasteiger partial charge in [-0.15, -0.1) is 16.4 Å². The quantitative estimate of drug-likeness (QED) is 0.502. The van der Waals surface area contributed by atoms with Gasteiger partial charge in [-0.25, -0.2) is 9.97 Å². The molecule has 0 spiro atoms. The summed E-state index contributed by atoms with van der Waals surface area (Å²) in [6.07, 6.45) is 1.72. The van der Waals surface area contributed by atoms with Crippen LogP contribution in [-0.4, -0.2) is 53.7 Å². The summed E-state index contributed by atoms with van der Waals surface area (Å²) in [5.74, 6) is 0.373. The molecule has 0 unspecified atom stereocenters. The van der Waals surface area contributed by atoms with Gasteiger partial charge in [0.2, 0.25) is 5.65 Å². The highest BCUT2D eigenvalue weighted by molar-refractivity contribution is 7.87. The van der Waals surface area contributed by atoms with Crippen LogP contribution < -0.4 is 0 Å². The van der Waals surface area contributed by atoms with Gasteiger partial charge < -0.3 is 9.84 Å². The molecule has 0 aromatic carbocycles. The van der Waals surface area contributed by atoms with E-state index in [0.29, 0.717) is 37.9 Å². The molecule has 0 aliphatic heterocycles. The maximum Gasteiger partial charge on any atom is 0.201 e. The lowest BCUT2D eigenvalue weighted by atomic mass is 9.85. The number of aryl methyl sites for hydroxylation is 1. The molecule has 4 rings (SSSR count). The Morgan fingerprint density at radius 2 is 2.03 bits per heavy atom. The SMILES string of the molecule is COCC[S@@](=O)c1sc2nc(-c3cnc4nn(C)nc4c3)cc(C(C)(C)C)c2c1O. The molecule has 0 fully saturated rings. The minimum Gasteiger partial charge on any atom is -0.505 e. The summed E-state index contributed by atoms with van der Waals surface area (Å²) in [6, 6.07) is 3.87. The van der Waals surface area contributed by atoms with Gasteiger partial charge in [0.25, 0.3) is 0 Å². The second kappa shape index (κ2) is 7.68. The van der Waals surface area contributed by atoms with Gasteiger partial charge in [-0.2, -0.15) is 9.90 Å². The first kappa shape index (κ1) is 20.8. The molecule has 4 heterocycles. The number of hydrogen-bond acceptors (Lipinski definition) is 8. The van der Waals surface area contributed by atoms with Crippen molar-refractivity contribution in [2.24, 2.45) is 7.05 Å². The van der Waals surface area contributed by atoms with Gasteiger partial charge in [-0.3, -0.25) is 4.21 Å². The van der Waals surface area contributed by atoms with Crippen molar-refractivity contribution >= 4 is 43.5 Å². The summed E-state index contributed by atoms with van der Waals surface area (Å²) in [7, 11) is 1.96. The first-order valence-corrected chi connectivity index (χ1v) is 11.5. The second-order valence-corrected chi connectivity index (χ2v) is 10.8. The molecule has 4 aromatic rings. The highest BCUT2D eigenvalue weighted by atomic mass is 32.2. The Labute approximate surface area is 180 Å². The summed E-state index contributed by atoms with van der Waals surface area (Å²) in [6.45, 7) is 6.59. The topological polar surface area (TPSA) is 103 Å². The lowest BCUT2D eigenvalue weighted by Gasteiger charge is -2.21. The minimum absolute atomic E-state index is 0.0518. The fourth-order valence-corrected chi connectivity index (χ4v) is 5.77. The number of hydrogen-bond donors (Lipinski definition) is 1. The number of thiophene rings is 1. The Hall–Kier alpha value is -2.43. The number of aromatic nitrogens is 5. The molecule has 0 bridgehead atoms. The third kappa shape index (κ3) is 3.70. The predicted molar refractivity (Wildman–Crippen MR) is 118 cm³/mol. The Morgan fingerprint density at radius 1 is 1.27 bits per heavy atom. The van der Waals surface area contributed by atoms with Gasteiger partial charge in [0.05, 0.1) is 34.2 Å². The molecular formula is C20H23N5O3S2. The highest BCUT2D eigenvalue weighted by Gasteiger charge is 2.26. The molecule has 158 valence electrons. The van der Waals surface area contributed by atoms with Crippen LogP contribution in [0.1, 0.15) is 26.3 Å². The number of methoxy groups -OCH3 is 1. The summed E-state index contributed by atoms with van der Waals surface area (Å²) < 4.78 is 18.1. The van der Waals surface area contributed by atoms with Crippen molar-refractivity contribution in [2.45, 2.75) is 30.4 Å². The van der Waals surface area contributed by atoms with E-state index in [-0.39, 0.29) is 11.2 Å². The molecule has 0 aliphatic carbocycles. The van der Waals surface area contributed by atoms with Crippen molar-refractivity contribution < 1.29 is 14.1 Å². The molecule has 1 atom stereocenters. The van der Waals surface area contributed by atoms with E-state index in [1.165, 1.54) is 16.1 Å². The largest absolute Gasteiger partial charge is 0.505 e. The number of fused-ring (bicyclic) bond motifs is 2. The zero-order valence-electron chi connectivity index (χ0n) is 17.5. The first-order valence-electron chi connectivity index (χ1n) is 9.41. The van der Waals surface area contributed by atoms with E-state index in [2.05, 4.69) is 36.0 Å². The van der Waals surface area contributed by atoms with E-state index < -0.39 is 10.8 Å². The maximum absolute atomic E-state index is 12.7. The van der Waals surface area contributed by atoms with Gasteiger partial charge in [-0.1, -0.05) is 20.8 Å². The molecule has 4 aromatic heterocycles. The molecule has 0 saturated heterocycles. The average Bonchev–Trinajstić information content (AvgIpc) is 3.23. The Balaban J connectivity index is 1.92. The van der Waals surface area contributed by atoms with Gasteiger partial charge in [-0.05, 0) is 23.1 Å². The Morgan fingerprint density at radius 3 is 2.73 bits per heavy atom. The molecule has 0 radical (unpaired) electrons. The van der Waals surface area contributed by atoms with Gasteiger partial charge in [0.1, 0.15) is 14.6 Å². The lowest BCUT2D eigenvalue weighted by Crippen LogP contribution is -2.12. The molecular weight excluding hydrogens is 422 g/mol. The van der Waals surface area contributed by atoms with E-state index >= 15 is 0 Å². The van der Waals surface area contributed by atoms with Crippen LogP contribution in [0.3, 0.4) is 0 Å². The summed E-state index contributed by atoms with van der Waals surface area (Å²) in [4.78, 5) is 11.3. The smallest absolute Gasteiger partial charge is 0.201 e. The zero-order chi connectivity index (χ0) is 21.6. The van der Waals surface area contributed by atoms with Crippen LogP contribution in [-0.2, 0) is 28.0 Å². The number of rotatable bonds is 5. The van der Waals surface area contributed by atoms with Crippen LogP contribution in [0.2, 0.25) is 0 Å². The molecule has 0 saturated carbocycles. The number of aromatic hydroxyl groups is 1. The normalized spacial score (nSPS) is 13.4. The molecule has 0 amide bonds. The van der Waals surface area contributed by atoms with Crippen LogP contribution in [0.4, 0.5) is 0 Å². The standard InChI is InChI=1S/C20H23N5O3S2/c1-20(2,3)12-9-13(11-8-14-17(21-10-11)24-25(4)23-14)22-18-15(12)16(26)19(29-18)30(27)7-6-28-5/h8-10,26H,6-7H2,1-5H3/t30-/m1/s1. The third-order valence-electron chi connectivity index (χ3n) is 4.73.